The highest BCUT2D eigenvalue weighted by molar-refractivity contribution is 9.09. The van der Waals surface area contributed by atoms with Crippen molar-refractivity contribution in [3.8, 4) is 11.5 Å². The molecule has 1 rings (SSSR count). The first kappa shape index (κ1) is 13.4. The van der Waals surface area contributed by atoms with E-state index >= 15 is 0 Å². The van der Waals surface area contributed by atoms with Crippen LogP contribution in [-0.2, 0) is 0 Å². The summed E-state index contributed by atoms with van der Waals surface area (Å²) in [6.45, 7) is 5.61. The molecule has 0 spiro atoms. The van der Waals surface area contributed by atoms with Crippen molar-refractivity contribution < 1.29 is 9.47 Å². The second-order valence-corrected chi connectivity index (χ2v) is 4.29. The van der Waals surface area contributed by atoms with Gasteiger partial charge in [-0.15, -0.1) is 0 Å². The molecule has 1 aromatic carbocycles. The Labute approximate surface area is 106 Å². The summed E-state index contributed by atoms with van der Waals surface area (Å²) in [5.41, 5.74) is 0. The molecule has 1 aromatic rings. The van der Waals surface area contributed by atoms with Gasteiger partial charge in [0.1, 0.15) is 11.5 Å². The molecular formula is C13H19BrO2. The summed E-state index contributed by atoms with van der Waals surface area (Å²) >= 11 is 3.48. The highest BCUT2D eigenvalue weighted by atomic mass is 79.9. The van der Waals surface area contributed by atoms with Crippen LogP contribution in [0.2, 0.25) is 0 Å². The van der Waals surface area contributed by atoms with Crippen LogP contribution in [0.4, 0.5) is 0 Å². The molecule has 0 radical (unpaired) electrons. The highest BCUT2D eigenvalue weighted by Crippen LogP contribution is 2.18. The lowest BCUT2D eigenvalue weighted by atomic mass is 10.1. The van der Waals surface area contributed by atoms with Gasteiger partial charge in [-0.05, 0) is 37.6 Å². The summed E-state index contributed by atoms with van der Waals surface area (Å²) in [5.74, 6) is 2.37. The molecule has 0 heterocycles. The molecule has 0 saturated heterocycles. The van der Waals surface area contributed by atoms with E-state index in [0.717, 1.165) is 29.9 Å². The zero-order valence-corrected chi connectivity index (χ0v) is 11.5. The lowest BCUT2D eigenvalue weighted by Gasteiger charge is -2.13. The van der Waals surface area contributed by atoms with Crippen molar-refractivity contribution in [3.63, 3.8) is 0 Å². The zero-order chi connectivity index (χ0) is 11.8. The van der Waals surface area contributed by atoms with E-state index < -0.39 is 0 Å². The predicted octanol–water partition coefficient (Wildman–Crippen LogP) is 3.89. The standard InChI is InChI=1S/C13H19BrO2/c1-3-11(9-14)10-16-13-7-5-12(6-8-13)15-4-2/h5-8,11H,3-4,9-10H2,1-2H3. The Morgan fingerprint density at radius 3 is 2.06 bits per heavy atom. The monoisotopic (exact) mass is 286 g/mol. The van der Waals surface area contributed by atoms with Crippen LogP contribution in [0.3, 0.4) is 0 Å². The van der Waals surface area contributed by atoms with Gasteiger partial charge in [0.05, 0.1) is 13.2 Å². The van der Waals surface area contributed by atoms with Crippen LogP contribution >= 0.6 is 15.9 Å². The molecule has 0 amide bonds. The molecule has 16 heavy (non-hydrogen) atoms. The number of benzene rings is 1. The molecular weight excluding hydrogens is 268 g/mol. The average molecular weight is 287 g/mol. The fourth-order valence-electron chi connectivity index (χ4n) is 1.28. The van der Waals surface area contributed by atoms with E-state index in [4.69, 9.17) is 9.47 Å². The Hall–Kier alpha value is -0.700. The fourth-order valence-corrected chi connectivity index (χ4v) is 1.93. The molecule has 90 valence electrons. The molecule has 0 aliphatic rings. The summed E-state index contributed by atoms with van der Waals surface area (Å²) in [6, 6.07) is 7.78. The molecule has 1 atom stereocenters. The Balaban J connectivity index is 2.42. The number of alkyl halides is 1. The lowest BCUT2D eigenvalue weighted by molar-refractivity contribution is 0.259. The van der Waals surface area contributed by atoms with Gasteiger partial charge in [0.2, 0.25) is 0 Å². The molecule has 0 saturated carbocycles. The maximum absolute atomic E-state index is 5.70. The van der Waals surface area contributed by atoms with Gasteiger partial charge in [-0.25, -0.2) is 0 Å². The number of hydrogen-bond donors (Lipinski definition) is 0. The van der Waals surface area contributed by atoms with Gasteiger partial charge >= 0.3 is 0 Å². The van der Waals surface area contributed by atoms with E-state index in [2.05, 4.69) is 22.9 Å². The third-order valence-electron chi connectivity index (χ3n) is 2.42. The van der Waals surface area contributed by atoms with E-state index in [9.17, 15) is 0 Å². The van der Waals surface area contributed by atoms with Crippen molar-refractivity contribution in [1.29, 1.82) is 0 Å². The molecule has 0 aliphatic heterocycles. The van der Waals surface area contributed by atoms with E-state index in [1.54, 1.807) is 0 Å². The molecule has 3 heteroatoms. The maximum atomic E-state index is 5.70. The third-order valence-corrected chi connectivity index (χ3v) is 3.33. The van der Waals surface area contributed by atoms with Crippen molar-refractivity contribution in [2.45, 2.75) is 20.3 Å². The third kappa shape index (κ3) is 4.44. The SMILES string of the molecule is CCOc1ccc(OCC(CC)CBr)cc1. The first-order valence-electron chi connectivity index (χ1n) is 5.71. The van der Waals surface area contributed by atoms with Crippen molar-refractivity contribution in [2.24, 2.45) is 5.92 Å². The van der Waals surface area contributed by atoms with Gasteiger partial charge in [-0.3, -0.25) is 0 Å². The van der Waals surface area contributed by atoms with Gasteiger partial charge < -0.3 is 9.47 Å². The van der Waals surface area contributed by atoms with Gasteiger partial charge in [0.25, 0.3) is 0 Å². The van der Waals surface area contributed by atoms with E-state index in [-0.39, 0.29) is 0 Å². The van der Waals surface area contributed by atoms with Crippen LogP contribution in [0.15, 0.2) is 24.3 Å². The quantitative estimate of drug-likeness (QED) is 0.708. The van der Waals surface area contributed by atoms with E-state index in [0.29, 0.717) is 12.5 Å². The zero-order valence-electron chi connectivity index (χ0n) is 9.91. The van der Waals surface area contributed by atoms with Crippen LogP contribution < -0.4 is 9.47 Å². The Bertz CT molecular complexity index is 280. The molecule has 2 nitrogen and oxygen atoms in total. The summed E-state index contributed by atoms with van der Waals surface area (Å²) in [7, 11) is 0. The minimum Gasteiger partial charge on any atom is -0.494 e. The Morgan fingerprint density at radius 1 is 1.06 bits per heavy atom. The van der Waals surface area contributed by atoms with Gasteiger partial charge in [0, 0.05) is 11.2 Å². The summed E-state index contributed by atoms with van der Waals surface area (Å²) in [5, 5.41) is 0.987. The summed E-state index contributed by atoms with van der Waals surface area (Å²) in [6.07, 6.45) is 1.13. The van der Waals surface area contributed by atoms with Crippen LogP contribution in [0.5, 0.6) is 11.5 Å². The van der Waals surface area contributed by atoms with Crippen molar-refractivity contribution >= 4 is 15.9 Å². The van der Waals surface area contributed by atoms with Crippen LogP contribution in [-0.4, -0.2) is 18.5 Å². The minimum absolute atomic E-state index is 0.576. The van der Waals surface area contributed by atoms with Crippen molar-refractivity contribution in [3.05, 3.63) is 24.3 Å². The normalized spacial score (nSPS) is 12.2. The van der Waals surface area contributed by atoms with Gasteiger partial charge in [-0.2, -0.15) is 0 Å². The van der Waals surface area contributed by atoms with Crippen LogP contribution in [0, 0.1) is 5.92 Å². The number of hydrogen-bond acceptors (Lipinski definition) is 2. The van der Waals surface area contributed by atoms with Crippen molar-refractivity contribution in [1.82, 2.24) is 0 Å². The fraction of sp³-hybridized carbons (Fsp3) is 0.538. The van der Waals surface area contributed by atoms with Gasteiger partial charge in [0.15, 0.2) is 0 Å². The van der Waals surface area contributed by atoms with Gasteiger partial charge in [-0.1, -0.05) is 22.9 Å². The second-order valence-electron chi connectivity index (χ2n) is 3.64. The Kier molecular flexibility index (Phi) is 6.31. The number of rotatable bonds is 7. The topological polar surface area (TPSA) is 18.5 Å². The maximum Gasteiger partial charge on any atom is 0.119 e. The number of halogens is 1. The molecule has 0 bridgehead atoms. The molecule has 1 unspecified atom stereocenters. The number of ether oxygens (including phenoxy) is 2. The molecule has 0 fully saturated rings. The Morgan fingerprint density at radius 2 is 1.62 bits per heavy atom. The summed E-state index contributed by atoms with van der Waals surface area (Å²) in [4.78, 5) is 0. The van der Waals surface area contributed by atoms with Crippen LogP contribution in [0.25, 0.3) is 0 Å². The second kappa shape index (κ2) is 7.55. The van der Waals surface area contributed by atoms with Crippen LogP contribution in [0.1, 0.15) is 20.3 Å². The summed E-state index contributed by atoms with van der Waals surface area (Å²) < 4.78 is 11.1. The van der Waals surface area contributed by atoms with Crippen molar-refractivity contribution in [2.75, 3.05) is 18.5 Å². The first-order valence-corrected chi connectivity index (χ1v) is 6.83. The van der Waals surface area contributed by atoms with E-state index in [1.165, 1.54) is 0 Å². The minimum atomic E-state index is 0.576. The predicted molar refractivity (Wildman–Crippen MR) is 70.7 cm³/mol. The average Bonchev–Trinajstić information content (AvgIpc) is 2.33. The molecule has 0 aliphatic carbocycles. The van der Waals surface area contributed by atoms with E-state index in [1.807, 2.05) is 31.2 Å². The smallest absolute Gasteiger partial charge is 0.119 e. The first-order chi connectivity index (χ1) is 7.80. The molecule has 0 N–H and O–H groups in total. The largest absolute Gasteiger partial charge is 0.494 e. The lowest BCUT2D eigenvalue weighted by Crippen LogP contribution is -2.12. The highest BCUT2D eigenvalue weighted by Gasteiger charge is 2.05. The molecule has 0 aromatic heterocycles.